The molecular formula is C14H22N6O. The summed E-state index contributed by atoms with van der Waals surface area (Å²) in [6, 6.07) is 0.224. The number of ether oxygens (including phenoxy) is 1. The third-order valence-corrected chi connectivity index (χ3v) is 4.15. The molecule has 0 aliphatic carbocycles. The van der Waals surface area contributed by atoms with Gasteiger partial charge < -0.3 is 4.74 Å². The van der Waals surface area contributed by atoms with Gasteiger partial charge in [-0.15, -0.1) is 0 Å². The average Bonchev–Trinajstić information content (AvgIpc) is 3.18. The predicted molar refractivity (Wildman–Crippen MR) is 77.5 cm³/mol. The Balaban J connectivity index is 1.81. The molecule has 1 N–H and O–H groups in total. The van der Waals surface area contributed by atoms with Gasteiger partial charge >= 0.3 is 0 Å². The number of aryl methyl sites for hydroxylation is 2. The lowest BCUT2D eigenvalue weighted by Crippen LogP contribution is -2.25. The van der Waals surface area contributed by atoms with E-state index in [2.05, 4.69) is 38.3 Å². The molecule has 2 aromatic heterocycles. The van der Waals surface area contributed by atoms with E-state index < -0.39 is 0 Å². The highest BCUT2D eigenvalue weighted by molar-refractivity contribution is 5.18. The second-order valence-electron chi connectivity index (χ2n) is 5.54. The van der Waals surface area contributed by atoms with Crippen molar-refractivity contribution >= 4 is 0 Å². The normalized spacial score (nSPS) is 23.0. The summed E-state index contributed by atoms with van der Waals surface area (Å²) in [6.45, 7) is 3.91. The quantitative estimate of drug-likeness (QED) is 0.891. The van der Waals surface area contributed by atoms with E-state index in [0.717, 1.165) is 37.4 Å². The molecule has 0 amide bonds. The van der Waals surface area contributed by atoms with Crippen LogP contribution in [0.15, 0.2) is 12.5 Å². The van der Waals surface area contributed by atoms with Crippen molar-refractivity contribution in [3.8, 4) is 0 Å². The first-order chi connectivity index (χ1) is 10.2. The average molecular weight is 290 g/mol. The summed E-state index contributed by atoms with van der Waals surface area (Å²) in [5, 5.41) is 11.5. The van der Waals surface area contributed by atoms with Crippen molar-refractivity contribution in [1.29, 1.82) is 0 Å². The zero-order valence-electron chi connectivity index (χ0n) is 12.8. The number of nitrogens with one attached hydrogen (secondary N) is 1. The van der Waals surface area contributed by atoms with Crippen molar-refractivity contribution in [2.24, 2.45) is 7.05 Å². The minimum absolute atomic E-state index is 0.224. The van der Waals surface area contributed by atoms with Crippen molar-refractivity contribution in [3.05, 3.63) is 29.6 Å². The maximum Gasteiger partial charge on any atom is 0.141 e. The molecule has 1 aliphatic rings. The van der Waals surface area contributed by atoms with Crippen molar-refractivity contribution in [2.45, 2.75) is 38.5 Å². The van der Waals surface area contributed by atoms with Gasteiger partial charge in [0.1, 0.15) is 12.2 Å². The van der Waals surface area contributed by atoms with Gasteiger partial charge in [-0.3, -0.25) is 14.7 Å². The lowest BCUT2D eigenvalue weighted by atomic mass is 10.1. The maximum atomic E-state index is 5.54. The van der Waals surface area contributed by atoms with E-state index in [0.29, 0.717) is 0 Å². The minimum atomic E-state index is 0.224. The molecule has 1 saturated heterocycles. The Morgan fingerprint density at radius 2 is 2.33 bits per heavy atom. The zero-order valence-corrected chi connectivity index (χ0v) is 12.8. The Bertz CT molecular complexity index is 578. The van der Waals surface area contributed by atoms with Gasteiger partial charge in [0.25, 0.3) is 0 Å². The Labute approximate surface area is 124 Å². The Morgan fingerprint density at radius 3 is 3.00 bits per heavy atom. The largest absolute Gasteiger partial charge is 0.380 e. The van der Waals surface area contributed by atoms with Gasteiger partial charge in [0, 0.05) is 39.0 Å². The first-order valence-corrected chi connectivity index (χ1v) is 7.34. The van der Waals surface area contributed by atoms with Crippen LogP contribution in [0.3, 0.4) is 0 Å². The minimum Gasteiger partial charge on any atom is -0.380 e. The fraction of sp³-hybridized carbons (Fsp3) is 0.643. The SMILES string of the molecule is CCc1nn(C)cc1CN1C[C@H](OC)C[C@H]1c1ncn[nH]1. The first-order valence-electron chi connectivity index (χ1n) is 7.34. The third kappa shape index (κ3) is 2.84. The predicted octanol–water partition coefficient (Wildman–Crippen LogP) is 1.06. The summed E-state index contributed by atoms with van der Waals surface area (Å²) in [7, 11) is 3.74. The summed E-state index contributed by atoms with van der Waals surface area (Å²) in [5.74, 6) is 0.913. The highest BCUT2D eigenvalue weighted by Gasteiger charge is 2.35. The second kappa shape index (κ2) is 5.95. The summed E-state index contributed by atoms with van der Waals surface area (Å²) < 4.78 is 7.43. The molecule has 7 nitrogen and oxygen atoms in total. The van der Waals surface area contributed by atoms with E-state index in [9.17, 15) is 0 Å². The molecule has 2 atom stereocenters. The van der Waals surface area contributed by atoms with Gasteiger partial charge in [-0.05, 0) is 12.8 Å². The highest BCUT2D eigenvalue weighted by atomic mass is 16.5. The molecule has 114 valence electrons. The molecule has 0 spiro atoms. The van der Waals surface area contributed by atoms with E-state index in [-0.39, 0.29) is 12.1 Å². The summed E-state index contributed by atoms with van der Waals surface area (Å²) in [4.78, 5) is 6.72. The number of aromatic amines is 1. The number of likely N-dealkylation sites (tertiary alicyclic amines) is 1. The highest BCUT2D eigenvalue weighted by Crippen LogP contribution is 2.32. The fourth-order valence-electron chi connectivity index (χ4n) is 3.10. The number of hydrogen-bond acceptors (Lipinski definition) is 5. The number of methoxy groups -OCH3 is 1. The second-order valence-corrected chi connectivity index (χ2v) is 5.54. The molecule has 0 bridgehead atoms. The van der Waals surface area contributed by atoms with Crippen LogP contribution >= 0.6 is 0 Å². The third-order valence-electron chi connectivity index (χ3n) is 4.15. The standard InChI is InChI=1S/C14H22N6O/c1-4-12-10(6-19(2)18-12)7-20-8-11(21-3)5-13(20)14-15-9-16-17-14/h6,9,11,13H,4-5,7-8H2,1-3H3,(H,15,16,17)/t11-,13+/m1/s1. The number of H-pyrrole nitrogens is 1. The monoisotopic (exact) mass is 290 g/mol. The van der Waals surface area contributed by atoms with Crippen LogP contribution in [-0.2, 0) is 24.8 Å². The lowest BCUT2D eigenvalue weighted by Gasteiger charge is -2.22. The lowest BCUT2D eigenvalue weighted by molar-refractivity contribution is 0.107. The van der Waals surface area contributed by atoms with Crippen LogP contribution in [0.1, 0.15) is 36.5 Å². The molecule has 0 saturated carbocycles. The first kappa shape index (κ1) is 14.2. The molecule has 0 aromatic carbocycles. The van der Waals surface area contributed by atoms with Crippen molar-refractivity contribution in [3.63, 3.8) is 0 Å². The van der Waals surface area contributed by atoms with Gasteiger partial charge in [0.05, 0.1) is 17.8 Å². The zero-order chi connectivity index (χ0) is 14.8. The number of hydrogen-bond donors (Lipinski definition) is 1. The van der Waals surface area contributed by atoms with E-state index in [1.54, 1.807) is 13.4 Å². The van der Waals surface area contributed by atoms with E-state index in [1.807, 2.05) is 11.7 Å². The number of rotatable bonds is 5. The molecule has 1 fully saturated rings. The molecular weight excluding hydrogens is 268 g/mol. The number of nitrogens with zero attached hydrogens (tertiary/aromatic N) is 5. The van der Waals surface area contributed by atoms with Crippen molar-refractivity contribution < 1.29 is 4.74 Å². The summed E-state index contributed by atoms with van der Waals surface area (Å²) in [5.41, 5.74) is 2.44. The van der Waals surface area contributed by atoms with E-state index >= 15 is 0 Å². The van der Waals surface area contributed by atoms with E-state index in [1.165, 1.54) is 5.56 Å². The van der Waals surface area contributed by atoms with Gasteiger partial charge in [-0.25, -0.2) is 4.98 Å². The maximum absolute atomic E-state index is 5.54. The van der Waals surface area contributed by atoms with Crippen LogP contribution in [0.5, 0.6) is 0 Å². The fourth-order valence-corrected chi connectivity index (χ4v) is 3.10. The Kier molecular flexibility index (Phi) is 4.03. The smallest absolute Gasteiger partial charge is 0.141 e. The molecule has 0 radical (unpaired) electrons. The van der Waals surface area contributed by atoms with Crippen LogP contribution in [0, 0.1) is 0 Å². The number of aromatic nitrogens is 5. The molecule has 3 rings (SSSR count). The van der Waals surface area contributed by atoms with Gasteiger partial charge in [-0.1, -0.05) is 6.92 Å². The molecule has 7 heteroatoms. The van der Waals surface area contributed by atoms with Crippen LogP contribution in [0.4, 0.5) is 0 Å². The summed E-state index contributed by atoms with van der Waals surface area (Å²) >= 11 is 0. The molecule has 2 aromatic rings. The van der Waals surface area contributed by atoms with Crippen molar-refractivity contribution in [2.75, 3.05) is 13.7 Å². The molecule has 21 heavy (non-hydrogen) atoms. The molecule has 1 aliphatic heterocycles. The van der Waals surface area contributed by atoms with E-state index in [4.69, 9.17) is 4.74 Å². The van der Waals surface area contributed by atoms with Crippen LogP contribution in [0.25, 0.3) is 0 Å². The molecule has 0 unspecified atom stereocenters. The molecule has 3 heterocycles. The van der Waals surface area contributed by atoms with Gasteiger partial charge in [-0.2, -0.15) is 10.2 Å². The van der Waals surface area contributed by atoms with Crippen LogP contribution in [0.2, 0.25) is 0 Å². The van der Waals surface area contributed by atoms with Gasteiger partial charge in [0.2, 0.25) is 0 Å². The van der Waals surface area contributed by atoms with Crippen LogP contribution < -0.4 is 0 Å². The Hall–Kier alpha value is -1.73. The van der Waals surface area contributed by atoms with Crippen LogP contribution in [-0.4, -0.2) is 49.6 Å². The topological polar surface area (TPSA) is 71.9 Å². The Morgan fingerprint density at radius 1 is 1.48 bits per heavy atom. The van der Waals surface area contributed by atoms with Gasteiger partial charge in [0.15, 0.2) is 0 Å². The van der Waals surface area contributed by atoms with Crippen molar-refractivity contribution in [1.82, 2.24) is 29.9 Å². The summed E-state index contributed by atoms with van der Waals surface area (Å²) in [6.07, 6.45) is 5.80.